The molecule has 0 aliphatic carbocycles. The van der Waals surface area contributed by atoms with Crippen LogP contribution in [0.3, 0.4) is 0 Å². The Morgan fingerprint density at radius 3 is 2.60 bits per heavy atom. The number of carbonyl (C=O) groups excluding carboxylic acids is 1. The molecule has 4 nitrogen and oxygen atoms in total. The van der Waals surface area contributed by atoms with E-state index >= 15 is 0 Å². The Morgan fingerprint density at radius 1 is 1.16 bits per heavy atom. The zero-order valence-corrected chi connectivity index (χ0v) is 14.1. The second kappa shape index (κ2) is 8.62. The maximum Gasteiger partial charge on any atom is 0.260 e. The third kappa shape index (κ3) is 5.29. The van der Waals surface area contributed by atoms with Crippen LogP contribution >= 0.6 is 0 Å². The fourth-order valence-electron chi connectivity index (χ4n) is 2.85. The van der Waals surface area contributed by atoms with Crippen LogP contribution in [0.2, 0.25) is 0 Å². The van der Waals surface area contributed by atoms with Crippen LogP contribution in [0.25, 0.3) is 0 Å². The summed E-state index contributed by atoms with van der Waals surface area (Å²) in [6.45, 7) is 1.65. The van der Waals surface area contributed by atoms with Crippen molar-refractivity contribution in [3.63, 3.8) is 0 Å². The number of hydrogen-bond donors (Lipinski definition) is 0. The molecular weight excluding hydrogens is 321 g/mol. The minimum absolute atomic E-state index is 0.0298. The molecule has 132 valence electrons. The normalized spacial score (nSPS) is 16.6. The highest BCUT2D eigenvalue weighted by Crippen LogP contribution is 2.16. The van der Waals surface area contributed by atoms with E-state index in [0.717, 1.165) is 25.0 Å². The van der Waals surface area contributed by atoms with Gasteiger partial charge in [-0.15, -0.1) is 0 Å². The van der Waals surface area contributed by atoms with Crippen LogP contribution < -0.4 is 4.74 Å². The first-order chi connectivity index (χ1) is 12.2. The standard InChI is InChI=1S/C20H22FNO3/c21-17-10-8-16(9-11-17)13-22(14-19-7-4-12-24-19)20(23)15-25-18-5-2-1-3-6-18/h1-3,5-6,8-11,19H,4,7,12-15H2. The van der Waals surface area contributed by atoms with E-state index in [9.17, 15) is 9.18 Å². The van der Waals surface area contributed by atoms with E-state index in [4.69, 9.17) is 9.47 Å². The fourth-order valence-corrected chi connectivity index (χ4v) is 2.85. The van der Waals surface area contributed by atoms with Crippen molar-refractivity contribution in [2.75, 3.05) is 19.8 Å². The lowest BCUT2D eigenvalue weighted by Gasteiger charge is -2.25. The molecule has 0 N–H and O–H groups in total. The second-order valence-corrected chi connectivity index (χ2v) is 6.14. The molecule has 0 bridgehead atoms. The maximum atomic E-state index is 13.1. The van der Waals surface area contributed by atoms with Crippen molar-refractivity contribution < 1.29 is 18.7 Å². The van der Waals surface area contributed by atoms with E-state index in [2.05, 4.69) is 0 Å². The molecule has 1 unspecified atom stereocenters. The molecule has 5 heteroatoms. The number of nitrogens with zero attached hydrogens (tertiary/aromatic N) is 1. The number of rotatable bonds is 7. The Labute approximate surface area is 147 Å². The highest BCUT2D eigenvalue weighted by atomic mass is 19.1. The molecule has 1 heterocycles. The van der Waals surface area contributed by atoms with Gasteiger partial charge >= 0.3 is 0 Å². The molecule has 1 aliphatic rings. The SMILES string of the molecule is O=C(COc1ccccc1)N(Cc1ccc(F)cc1)CC1CCCO1. The average Bonchev–Trinajstić information content (AvgIpc) is 3.15. The number of benzene rings is 2. The van der Waals surface area contributed by atoms with Crippen LogP contribution in [-0.2, 0) is 16.1 Å². The van der Waals surface area contributed by atoms with Gasteiger partial charge < -0.3 is 14.4 Å². The van der Waals surface area contributed by atoms with Crippen LogP contribution in [-0.4, -0.2) is 36.7 Å². The van der Waals surface area contributed by atoms with Crippen molar-refractivity contribution in [2.45, 2.75) is 25.5 Å². The Morgan fingerprint density at radius 2 is 1.92 bits per heavy atom. The van der Waals surface area contributed by atoms with Gasteiger partial charge in [0.25, 0.3) is 5.91 Å². The molecular formula is C20H22FNO3. The molecule has 25 heavy (non-hydrogen) atoms. The first-order valence-corrected chi connectivity index (χ1v) is 8.52. The predicted octanol–water partition coefficient (Wildman–Crippen LogP) is 3.41. The van der Waals surface area contributed by atoms with E-state index in [0.29, 0.717) is 18.8 Å². The van der Waals surface area contributed by atoms with Gasteiger partial charge in [0.15, 0.2) is 6.61 Å². The van der Waals surface area contributed by atoms with Gasteiger partial charge in [-0.25, -0.2) is 4.39 Å². The summed E-state index contributed by atoms with van der Waals surface area (Å²) >= 11 is 0. The lowest BCUT2D eigenvalue weighted by atomic mass is 10.1. The molecule has 2 aromatic rings. The largest absolute Gasteiger partial charge is 0.484 e. The number of amides is 1. The van der Waals surface area contributed by atoms with E-state index in [1.54, 1.807) is 17.0 Å². The molecule has 3 rings (SSSR count). The van der Waals surface area contributed by atoms with Crippen molar-refractivity contribution in [3.05, 3.63) is 66.0 Å². The lowest BCUT2D eigenvalue weighted by molar-refractivity contribution is -0.135. The van der Waals surface area contributed by atoms with Crippen molar-refractivity contribution in [2.24, 2.45) is 0 Å². The zero-order chi connectivity index (χ0) is 17.5. The monoisotopic (exact) mass is 343 g/mol. The Bertz CT molecular complexity index is 669. The molecule has 1 atom stereocenters. The Hall–Kier alpha value is -2.40. The zero-order valence-electron chi connectivity index (χ0n) is 14.1. The molecule has 1 amide bonds. The van der Waals surface area contributed by atoms with Gasteiger partial charge in [-0.1, -0.05) is 30.3 Å². The Balaban J connectivity index is 1.63. The number of ether oxygens (including phenoxy) is 2. The summed E-state index contributed by atoms with van der Waals surface area (Å²) in [5.41, 5.74) is 0.882. The number of hydrogen-bond acceptors (Lipinski definition) is 3. The van der Waals surface area contributed by atoms with Gasteiger partial charge in [-0.2, -0.15) is 0 Å². The van der Waals surface area contributed by atoms with Gasteiger partial charge in [0.1, 0.15) is 11.6 Å². The minimum Gasteiger partial charge on any atom is -0.484 e. The smallest absolute Gasteiger partial charge is 0.260 e. The summed E-state index contributed by atoms with van der Waals surface area (Å²) in [7, 11) is 0. The second-order valence-electron chi connectivity index (χ2n) is 6.14. The lowest BCUT2D eigenvalue weighted by Crippen LogP contribution is -2.39. The minimum atomic E-state index is -0.284. The van der Waals surface area contributed by atoms with Crippen molar-refractivity contribution in [3.8, 4) is 5.75 Å². The van der Waals surface area contributed by atoms with Crippen LogP contribution in [0, 0.1) is 5.82 Å². The third-order valence-electron chi connectivity index (χ3n) is 4.19. The van der Waals surface area contributed by atoms with Crippen LogP contribution in [0.4, 0.5) is 4.39 Å². The topological polar surface area (TPSA) is 38.8 Å². The number of halogens is 1. The molecule has 2 aromatic carbocycles. The van der Waals surface area contributed by atoms with Crippen LogP contribution in [0.5, 0.6) is 5.75 Å². The fraction of sp³-hybridized carbons (Fsp3) is 0.350. The first kappa shape index (κ1) is 17.4. The van der Waals surface area contributed by atoms with Gasteiger partial charge in [-0.05, 0) is 42.7 Å². The van der Waals surface area contributed by atoms with Crippen LogP contribution in [0.1, 0.15) is 18.4 Å². The average molecular weight is 343 g/mol. The molecule has 1 saturated heterocycles. The van der Waals surface area contributed by atoms with Gasteiger partial charge in [0, 0.05) is 19.7 Å². The van der Waals surface area contributed by atoms with Gasteiger partial charge in [0.2, 0.25) is 0 Å². The van der Waals surface area contributed by atoms with Gasteiger partial charge in [0.05, 0.1) is 6.10 Å². The van der Waals surface area contributed by atoms with Crippen molar-refractivity contribution in [1.82, 2.24) is 4.90 Å². The summed E-state index contributed by atoms with van der Waals surface area (Å²) in [5.74, 6) is 0.270. The molecule has 0 spiro atoms. The van der Waals surface area contributed by atoms with E-state index in [1.165, 1.54) is 12.1 Å². The van der Waals surface area contributed by atoms with Crippen molar-refractivity contribution >= 4 is 5.91 Å². The molecule has 0 radical (unpaired) electrons. The summed E-state index contributed by atoms with van der Waals surface area (Å²) in [4.78, 5) is 14.4. The van der Waals surface area contributed by atoms with E-state index < -0.39 is 0 Å². The number of carbonyl (C=O) groups is 1. The number of para-hydroxylation sites is 1. The molecule has 1 aliphatic heterocycles. The summed E-state index contributed by atoms with van der Waals surface area (Å²) in [5, 5.41) is 0. The Kier molecular flexibility index (Phi) is 6.01. The summed E-state index contributed by atoms with van der Waals surface area (Å²) < 4.78 is 24.3. The predicted molar refractivity (Wildman–Crippen MR) is 92.7 cm³/mol. The molecule has 1 fully saturated rings. The summed E-state index contributed by atoms with van der Waals surface area (Å²) in [6.07, 6.45) is 2.03. The third-order valence-corrected chi connectivity index (χ3v) is 4.19. The summed E-state index contributed by atoms with van der Waals surface area (Å²) in [6, 6.07) is 15.5. The van der Waals surface area contributed by atoms with E-state index in [1.807, 2.05) is 30.3 Å². The quantitative estimate of drug-likeness (QED) is 0.773. The highest BCUT2D eigenvalue weighted by molar-refractivity contribution is 5.77. The molecule has 0 aromatic heterocycles. The van der Waals surface area contributed by atoms with E-state index in [-0.39, 0.29) is 24.4 Å². The first-order valence-electron chi connectivity index (χ1n) is 8.52. The highest BCUT2D eigenvalue weighted by Gasteiger charge is 2.23. The molecule has 0 saturated carbocycles. The van der Waals surface area contributed by atoms with Gasteiger partial charge in [-0.3, -0.25) is 4.79 Å². The van der Waals surface area contributed by atoms with Crippen molar-refractivity contribution in [1.29, 1.82) is 0 Å². The maximum absolute atomic E-state index is 13.1. The van der Waals surface area contributed by atoms with Crippen LogP contribution in [0.15, 0.2) is 54.6 Å².